The molecule has 0 saturated heterocycles. The van der Waals surface area contributed by atoms with E-state index in [1.807, 2.05) is 0 Å². The molecule has 2 aromatic heterocycles. The van der Waals surface area contributed by atoms with Crippen LogP contribution in [0.15, 0.2) is 63.6 Å². The van der Waals surface area contributed by atoms with Gasteiger partial charge >= 0.3 is 5.69 Å². The average molecular weight is 580 g/mol. The zero-order chi connectivity index (χ0) is 25.1. The zero-order valence-electron chi connectivity index (χ0n) is 18.1. The fraction of sp³-hybridized carbons (Fsp3) is 0.130. The molecule has 0 aliphatic rings. The lowest BCUT2D eigenvalue weighted by atomic mass is 10.2. The number of nitrogens with zero attached hydrogens (tertiary/aromatic N) is 3. The van der Waals surface area contributed by atoms with E-state index in [9.17, 15) is 14.9 Å². The fourth-order valence-corrected chi connectivity index (χ4v) is 4.06. The SMILES string of the molecule is Cc1ccc(OCc2ccc(C(=O)Nc3nn(Cc4ccc(Cl)cc4Cl)cc3Br)o2)c([N+](=O)[O-])c1. The van der Waals surface area contributed by atoms with E-state index < -0.39 is 10.8 Å². The van der Waals surface area contributed by atoms with Crippen molar-refractivity contribution >= 4 is 56.5 Å². The summed E-state index contributed by atoms with van der Waals surface area (Å²) in [6.45, 7) is 2.04. The van der Waals surface area contributed by atoms with Crippen LogP contribution in [0.1, 0.15) is 27.4 Å². The lowest BCUT2D eigenvalue weighted by Gasteiger charge is -2.06. The predicted molar refractivity (Wildman–Crippen MR) is 134 cm³/mol. The molecule has 0 atom stereocenters. The van der Waals surface area contributed by atoms with Crippen molar-refractivity contribution in [1.82, 2.24) is 9.78 Å². The van der Waals surface area contributed by atoms with Gasteiger partial charge in [-0.15, -0.1) is 0 Å². The van der Waals surface area contributed by atoms with Gasteiger partial charge in [-0.2, -0.15) is 5.10 Å². The monoisotopic (exact) mass is 578 g/mol. The van der Waals surface area contributed by atoms with Gasteiger partial charge in [0.05, 0.1) is 15.9 Å². The maximum atomic E-state index is 12.7. The number of hydrogen-bond acceptors (Lipinski definition) is 6. The number of benzene rings is 2. The first-order valence-electron chi connectivity index (χ1n) is 10.1. The highest BCUT2D eigenvalue weighted by Gasteiger charge is 2.18. The first-order valence-corrected chi connectivity index (χ1v) is 11.7. The van der Waals surface area contributed by atoms with Crippen LogP contribution in [0.2, 0.25) is 10.0 Å². The highest BCUT2D eigenvalue weighted by Crippen LogP contribution is 2.29. The van der Waals surface area contributed by atoms with E-state index >= 15 is 0 Å². The topological polar surface area (TPSA) is 112 Å². The maximum Gasteiger partial charge on any atom is 0.311 e. The highest BCUT2D eigenvalue weighted by molar-refractivity contribution is 9.10. The molecule has 0 unspecified atom stereocenters. The number of carbonyl (C=O) groups excluding carboxylic acids is 1. The summed E-state index contributed by atoms with van der Waals surface area (Å²) in [5.41, 5.74) is 1.41. The number of aromatic nitrogens is 2. The van der Waals surface area contributed by atoms with Crippen LogP contribution < -0.4 is 10.1 Å². The number of rotatable bonds is 8. The second-order valence-electron chi connectivity index (χ2n) is 7.50. The zero-order valence-corrected chi connectivity index (χ0v) is 21.2. The van der Waals surface area contributed by atoms with Crippen LogP contribution in [0.4, 0.5) is 11.5 Å². The molecule has 9 nitrogen and oxygen atoms in total. The summed E-state index contributed by atoms with van der Waals surface area (Å²) in [6, 6.07) is 12.9. The molecule has 0 aliphatic carbocycles. The van der Waals surface area contributed by atoms with Crippen LogP contribution in [-0.4, -0.2) is 20.6 Å². The Morgan fingerprint density at radius 2 is 2.03 bits per heavy atom. The molecule has 0 radical (unpaired) electrons. The van der Waals surface area contributed by atoms with E-state index in [-0.39, 0.29) is 23.8 Å². The summed E-state index contributed by atoms with van der Waals surface area (Å²) in [5, 5.41) is 19.3. The Labute approximate surface area is 217 Å². The van der Waals surface area contributed by atoms with Gasteiger partial charge in [-0.05, 0) is 64.3 Å². The van der Waals surface area contributed by atoms with E-state index in [0.717, 1.165) is 11.1 Å². The van der Waals surface area contributed by atoms with E-state index in [0.29, 0.717) is 32.6 Å². The minimum Gasteiger partial charge on any atom is -0.479 e. The van der Waals surface area contributed by atoms with Crippen molar-refractivity contribution in [2.45, 2.75) is 20.1 Å². The summed E-state index contributed by atoms with van der Waals surface area (Å²) in [5.74, 6) is 0.243. The number of furan rings is 1. The van der Waals surface area contributed by atoms with Gasteiger partial charge < -0.3 is 14.5 Å². The molecule has 0 bridgehead atoms. The average Bonchev–Trinajstić information content (AvgIpc) is 3.41. The van der Waals surface area contributed by atoms with Crippen LogP contribution >= 0.6 is 39.1 Å². The molecular weight excluding hydrogens is 563 g/mol. The number of hydrogen-bond donors (Lipinski definition) is 1. The molecule has 12 heteroatoms. The van der Waals surface area contributed by atoms with Crippen molar-refractivity contribution in [3.05, 3.63) is 102 Å². The molecule has 0 spiro atoms. The third kappa shape index (κ3) is 6.02. The maximum absolute atomic E-state index is 12.7. The second-order valence-corrected chi connectivity index (χ2v) is 9.19. The van der Waals surface area contributed by atoms with Crippen molar-refractivity contribution in [3.63, 3.8) is 0 Å². The minimum atomic E-state index is -0.520. The summed E-state index contributed by atoms with van der Waals surface area (Å²) in [4.78, 5) is 23.4. The van der Waals surface area contributed by atoms with Crippen molar-refractivity contribution in [2.24, 2.45) is 0 Å². The Morgan fingerprint density at radius 1 is 1.23 bits per heavy atom. The molecule has 2 heterocycles. The molecule has 4 rings (SSSR count). The smallest absolute Gasteiger partial charge is 0.311 e. The standard InChI is InChI=1S/C23H17BrCl2N4O5/c1-13-2-6-20(19(8-13)30(32)33)34-12-16-5-7-21(35-16)23(31)27-22-17(24)11-29(28-22)10-14-3-4-15(25)9-18(14)26/h2-9,11H,10,12H2,1H3,(H,27,28,31). The number of aryl methyl sites for hydroxylation is 1. The van der Waals surface area contributed by atoms with E-state index in [1.165, 1.54) is 18.2 Å². The number of halogens is 3. The number of anilines is 1. The summed E-state index contributed by atoms with van der Waals surface area (Å²) in [7, 11) is 0. The number of ether oxygens (including phenoxy) is 1. The highest BCUT2D eigenvalue weighted by atomic mass is 79.9. The Kier molecular flexibility index (Phi) is 7.44. The first-order chi connectivity index (χ1) is 16.7. The van der Waals surface area contributed by atoms with Crippen LogP contribution in [-0.2, 0) is 13.2 Å². The summed E-state index contributed by atoms with van der Waals surface area (Å²) in [6.07, 6.45) is 1.70. The number of nitro groups is 1. The molecule has 35 heavy (non-hydrogen) atoms. The lowest BCUT2D eigenvalue weighted by Crippen LogP contribution is -2.12. The normalized spacial score (nSPS) is 10.9. The lowest BCUT2D eigenvalue weighted by molar-refractivity contribution is -0.386. The summed E-state index contributed by atoms with van der Waals surface area (Å²) >= 11 is 15.5. The molecule has 0 saturated carbocycles. The number of carbonyl (C=O) groups is 1. The molecule has 1 N–H and O–H groups in total. The molecule has 0 fully saturated rings. The van der Waals surface area contributed by atoms with E-state index in [1.54, 1.807) is 48.1 Å². The quantitative estimate of drug-likeness (QED) is 0.185. The molecular formula is C23H17BrCl2N4O5. The third-order valence-electron chi connectivity index (χ3n) is 4.86. The molecule has 4 aromatic rings. The Morgan fingerprint density at radius 3 is 2.77 bits per heavy atom. The fourth-order valence-electron chi connectivity index (χ4n) is 3.17. The number of nitro benzene ring substituents is 1. The second kappa shape index (κ2) is 10.5. The molecule has 2 aromatic carbocycles. The van der Waals surface area contributed by atoms with E-state index in [4.69, 9.17) is 32.4 Å². The van der Waals surface area contributed by atoms with Gasteiger partial charge in [0.2, 0.25) is 0 Å². The van der Waals surface area contributed by atoms with Crippen molar-refractivity contribution in [1.29, 1.82) is 0 Å². The largest absolute Gasteiger partial charge is 0.479 e. The predicted octanol–water partition coefficient (Wildman–Crippen LogP) is 6.64. The van der Waals surface area contributed by atoms with Crippen molar-refractivity contribution in [2.75, 3.05) is 5.32 Å². The van der Waals surface area contributed by atoms with Gasteiger partial charge in [0, 0.05) is 22.3 Å². The third-order valence-corrected chi connectivity index (χ3v) is 6.03. The molecule has 1 amide bonds. The van der Waals surface area contributed by atoms with Crippen LogP contribution in [0.3, 0.4) is 0 Å². The van der Waals surface area contributed by atoms with Gasteiger partial charge in [-0.3, -0.25) is 19.6 Å². The van der Waals surface area contributed by atoms with Crippen LogP contribution in [0.25, 0.3) is 0 Å². The van der Waals surface area contributed by atoms with Crippen molar-refractivity contribution < 1.29 is 18.9 Å². The summed E-state index contributed by atoms with van der Waals surface area (Å²) < 4.78 is 13.3. The van der Waals surface area contributed by atoms with E-state index in [2.05, 4.69) is 26.3 Å². The molecule has 0 aliphatic heterocycles. The Balaban J connectivity index is 1.40. The van der Waals surface area contributed by atoms with Crippen LogP contribution in [0, 0.1) is 17.0 Å². The van der Waals surface area contributed by atoms with Gasteiger partial charge in [-0.25, -0.2) is 0 Å². The minimum absolute atomic E-state index is 0.0317. The van der Waals surface area contributed by atoms with Gasteiger partial charge in [-0.1, -0.05) is 35.3 Å². The molecule has 180 valence electrons. The number of nitrogens with one attached hydrogen (secondary N) is 1. The number of amides is 1. The van der Waals surface area contributed by atoms with Gasteiger partial charge in [0.15, 0.2) is 17.3 Å². The first kappa shape index (κ1) is 24.8. The van der Waals surface area contributed by atoms with Crippen molar-refractivity contribution in [3.8, 4) is 5.75 Å². The van der Waals surface area contributed by atoms with Gasteiger partial charge in [0.25, 0.3) is 5.91 Å². The Hall–Kier alpha value is -3.34. The van der Waals surface area contributed by atoms with Gasteiger partial charge in [0.1, 0.15) is 12.4 Å². The van der Waals surface area contributed by atoms with Crippen LogP contribution in [0.5, 0.6) is 5.75 Å². The Bertz CT molecular complexity index is 1420.